The Kier molecular flexibility index (Phi) is 6.29. The fraction of sp³-hybridized carbons (Fsp3) is 0.364. The number of benzene rings is 2. The van der Waals surface area contributed by atoms with Gasteiger partial charge in [0.25, 0.3) is 5.91 Å². The fourth-order valence-electron chi connectivity index (χ4n) is 3.30. The van der Waals surface area contributed by atoms with Crippen LogP contribution in [0.1, 0.15) is 41.3 Å². The molecule has 0 atom stereocenters. The standard InChI is InChI=1S/C22H27FN4O/c1-3-25-21(26-14-16-7-6-8-17(13-16)20(28)24-2)27-15-22(11-12-22)18-9-4-5-10-19(18)23/h4-10,13H,3,11-12,14-15H2,1-2H3,(H,24,28)(H2,25,26,27). The van der Waals surface area contributed by atoms with Crippen molar-refractivity contribution in [2.45, 2.75) is 31.7 Å². The smallest absolute Gasteiger partial charge is 0.251 e. The van der Waals surface area contributed by atoms with Crippen LogP contribution in [0, 0.1) is 5.82 Å². The van der Waals surface area contributed by atoms with Gasteiger partial charge in [-0.05, 0) is 49.1 Å². The van der Waals surface area contributed by atoms with Gasteiger partial charge in [0.1, 0.15) is 5.82 Å². The normalized spacial score (nSPS) is 15.0. The van der Waals surface area contributed by atoms with E-state index in [2.05, 4.69) is 20.9 Å². The third kappa shape index (κ3) is 4.68. The van der Waals surface area contributed by atoms with Crippen molar-refractivity contribution < 1.29 is 9.18 Å². The van der Waals surface area contributed by atoms with Crippen molar-refractivity contribution in [2.75, 3.05) is 20.1 Å². The summed E-state index contributed by atoms with van der Waals surface area (Å²) in [5.41, 5.74) is 2.19. The molecule has 148 valence electrons. The van der Waals surface area contributed by atoms with Crippen molar-refractivity contribution in [2.24, 2.45) is 4.99 Å². The maximum absolute atomic E-state index is 14.2. The number of rotatable bonds is 7. The van der Waals surface area contributed by atoms with Crippen molar-refractivity contribution in [1.82, 2.24) is 16.0 Å². The lowest BCUT2D eigenvalue weighted by atomic mass is 9.95. The van der Waals surface area contributed by atoms with Gasteiger partial charge < -0.3 is 16.0 Å². The highest BCUT2D eigenvalue weighted by molar-refractivity contribution is 5.94. The molecule has 1 aliphatic carbocycles. The predicted molar refractivity (Wildman–Crippen MR) is 110 cm³/mol. The van der Waals surface area contributed by atoms with Gasteiger partial charge in [-0.1, -0.05) is 30.3 Å². The molecule has 0 heterocycles. The molecule has 0 spiro atoms. The summed E-state index contributed by atoms with van der Waals surface area (Å²) < 4.78 is 14.2. The quantitative estimate of drug-likeness (QED) is 0.510. The third-order valence-electron chi connectivity index (χ3n) is 5.07. The summed E-state index contributed by atoms with van der Waals surface area (Å²) >= 11 is 0. The summed E-state index contributed by atoms with van der Waals surface area (Å²) in [5.74, 6) is 0.432. The molecule has 2 aromatic carbocycles. The summed E-state index contributed by atoms with van der Waals surface area (Å²) in [6, 6.07) is 14.4. The highest BCUT2D eigenvalue weighted by Crippen LogP contribution is 2.48. The molecule has 1 fully saturated rings. The molecule has 28 heavy (non-hydrogen) atoms. The molecule has 6 heteroatoms. The van der Waals surface area contributed by atoms with Crippen molar-refractivity contribution >= 4 is 11.9 Å². The molecule has 5 nitrogen and oxygen atoms in total. The van der Waals surface area contributed by atoms with Crippen LogP contribution in [0.2, 0.25) is 0 Å². The van der Waals surface area contributed by atoms with Gasteiger partial charge in [0.15, 0.2) is 5.96 Å². The van der Waals surface area contributed by atoms with E-state index in [1.807, 2.05) is 37.3 Å². The molecule has 0 bridgehead atoms. The number of carbonyl (C=O) groups excluding carboxylic acids is 1. The Morgan fingerprint density at radius 2 is 1.93 bits per heavy atom. The summed E-state index contributed by atoms with van der Waals surface area (Å²) in [6.07, 6.45) is 1.93. The first-order valence-corrected chi connectivity index (χ1v) is 9.66. The summed E-state index contributed by atoms with van der Waals surface area (Å²) in [6.45, 7) is 3.83. The Morgan fingerprint density at radius 1 is 1.14 bits per heavy atom. The van der Waals surface area contributed by atoms with Crippen molar-refractivity contribution in [3.05, 3.63) is 71.0 Å². The van der Waals surface area contributed by atoms with E-state index in [9.17, 15) is 9.18 Å². The Labute approximate surface area is 165 Å². The monoisotopic (exact) mass is 382 g/mol. The molecule has 1 aliphatic rings. The van der Waals surface area contributed by atoms with E-state index in [-0.39, 0.29) is 17.1 Å². The highest BCUT2D eigenvalue weighted by atomic mass is 19.1. The van der Waals surface area contributed by atoms with Gasteiger partial charge in [-0.2, -0.15) is 0 Å². The molecule has 3 N–H and O–H groups in total. The van der Waals surface area contributed by atoms with E-state index in [1.54, 1.807) is 19.2 Å². The van der Waals surface area contributed by atoms with Crippen LogP contribution in [-0.4, -0.2) is 32.0 Å². The molecule has 0 aromatic heterocycles. The number of amides is 1. The van der Waals surface area contributed by atoms with E-state index in [0.29, 0.717) is 24.6 Å². The van der Waals surface area contributed by atoms with E-state index < -0.39 is 0 Å². The minimum absolute atomic E-state index is 0.114. The van der Waals surface area contributed by atoms with E-state index in [0.717, 1.165) is 30.5 Å². The number of nitrogens with zero attached hydrogens (tertiary/aromatic N) is 1. The van der Waals surface area contributed by atoms with E-state index >= 15 is 0 Å². The molecule has 0 aliphatic heterocycles. The lowest BCUT2D eigenvalue weighted by molar-refractivity contribution is 0.0963. The van der Waals surface area contributed by atoms with Crippen molar-refractivity contribution in [1.29, 1.82) is 0 Å². The van der Waals surface area contributed by atoms with Crippen molar-refractivity contribution in [3.8, 4) is 0 Å². The molecule has 1 amide bonds. The fourth-order valence-corrected chi connectivity index (χ4v) is 3.30. The number of hydrogen-bond donors (Lipinski definition) is 3. The number of carbonyl (C=O) groups is 1. The molecule has 0 unspecified atom stereocenters. The first kappa shape index (κ1) is 19.9. The minimum Gasteiger partial charge on any atom is -0.357 e. The average Bonchev–Trinajstić information content (AvgIpc) is 3.51. The Hall–Kier alpha value is -2.89. The first-order valence-electron chi connectivity index (χ1n) is 9.66. The van der Waals surface area contributed by atoms with Crippen LogP contribution in [0.25, 0.3) is 0 Å². The van der Waals surface area contributed by atoms with E-state index in [4.69, 9.17) is 0 Å². The van der Waals surface area contributed by atoms with Crippen LogP contribution in [0.3, 0.4) is 0 Å². The summed E-state index contributed by atoms with van der Waals surface area (Å²) in [5, 5.41) is 9.22. The number of guanidine groups is 1. The van der Waals surface area contributed by atoms with E-state index in [1.165, 1.54) is 6.07 Å². The van der Waals surface area contributed by atoms with Crippen LogP contribution in [-0.2, 0) is 12.0 Å². The largest absolute Gasteiger partial charge is 0.357 e. The van der Waals surface area contributed by atoms with Crippen LogP contribution in [0.15, 0.2) is 53.5 Å². The van der Waals surface area contributed by atoms with Crippen molar-refractivity contribution in [3.63, 3.8) is 0 Å². The van der Waals surface area contributed by atoms with Gasteiger partial charge in [0.05, 0.1) is 6.54 Å². The molecule has 0 saturated heterocycles. The van der Waals surface area contributed by atoms with Crippen LogP contribution in [0.5, 0.6) is 0 Å². The Balaban J connectivity index is 1.67. The topological polar surface area (TPSA) is 65.5 Å². The zero-order chi connectivity index (χ0) is 20.0. The number of halogens is 1. The van der Waals surface area contributed by atoms with Crippen LogP contribution >= 0.6 is 0 Å². The van der Waals surface area contributed by atoms with Gasteiger partial charge in [0, 0.05) is 31.1 Å². The molecule has 2 aromatic rings. The molecular weight excluding hydrogens is 355 g/mol. The average molecular weight is 382 g/mol. The number of aliphatic imine (C=N–C) groups is 1. The lowest BCUT2D eigenvalue weighted by Gasteiger charge is -2.19. The zero-order valence-electron chi connectivity index (χ0n) is 16.4. The lowest BCUT2D eigenvalue weighted by Crippen LogP contribution is -2.41. The van der Waals surface area contributed by atoms with Gasteiger partial charge in [-0.15, -0.1) is 0 Å². The third-order valence-corrected chi connectivity index (χ3v) is 5.07. The number of hydrogen-bond acceptors (Lipinski definition) is 2. The predicted octanol–water partition coefficient (Wildman–Crippen LogP) is 2.97. The summed E-state index contributed by atoms with van der Waals surface area (Å²) in [7, 11) is 1.61. The van der Waals surface area contributed by atoms with Gasteiger partial charge >= 0.3 is 0 Å². The summed E-state index contributed by atoms with van der Waals surface area (Å²) in [4.78, 5) is 16.4. The second-order valence-corrected chi connectivity index (χ2v) is 7.09. The molecular formula is C22H27FN4O. The first-order chi connectivity index (χ1) is 13.6. The van der Waals surface area contributed by atoms with Gasteiger partial charge in [0.2, 0.25) is 0 Å². The molecule has 1 saturated carbocycles. The van der Waals surface area contributed by atoms with Crippen LogP contribution < -0.4 is 16.0 Å². The number of nitrogens with one attached hydrogen (secondary N) is 3. The zero-order valence-corrected chi connectivity index (χ0v) is 16.4. The second-order valence-electron chi connectivity index (χ2n) is 7.09. The minimum atomic E-state index is -0.152. The Bertz CT molecular complexity index is 861. The maximum Gasteiger partial charge on any atom is 0.251 e. The highest BCUT2D eigenvalue weighted by Gasteiger charge is 2.45. The van der Waals surface area contributed by atoms with Crippen LogP contribution in [0.4, 0.5) is 4.39 Å². The van der Waals surface area contributed by atoms with Gasteiger partial charge in [-0.3, -0.25) is 4.79 Å². The molecule has 0 radical (unpaired) electrons. The van der Waals surface area contributed by atoms with Gasteiger partial charge in [-0.25, -0.2) is 9.38 Å². The Morgan fingerprint density at radius 3 is 2.61 bits per heavy atom. The SMILES string of the molecule is CCNC(=NCc1cccc(C(=O)NC)c1)NCC1(c2ccccc2F)CC1. The second kappa shape index (κ2) is 8.87. The molecule has 3 rings (SSSR count). The maximum atomic E-state index is 14.2.